The van der Waals surface area contributed by atoms with Crippen molar-refractivity contribution in [1.29, 1.82) is 0 Å². The van der Waals surface area contributed by atoms with Gasteiger partial charge in [-0.25, -0.2) is 0 Å². The molecule has 6 heteroatoms. The molecule has 0 spiro atoms. The van der Waals surface area contributed by atoms with E-state index >= 15 is 0 Å². The van der Waals surface area contributed by atoms with Gasteiger partial charge in [0.1, 0.15) is 13.2 Å². The van der Waals surface area contributed by atoms with Crippen molar-refractivity contribution in [1.82, 2.24) is 0 Å². The zero-order valence-electron chi connectivity index (χ0n) is 34.3. The fourth-order valence-corrected chi connectivity index (χ4v) is 5.96. The van der Waals surface area contributed by atoms with Gasteiger partial charge in [0.05, 0.1) is 0 Å². The summed E-state index contributed by atoms with van der Waals surface area (Å²) in [7, 11) is 0. The number of rotatable bonds is 39. The van der Waals surface area contributed by atoms with Crippen LogP contribution in [0.4, 0.5) is 0 Å². The largest absolute Gasteiger partial charge is 0.462 e. The van der Waals surface area contributed by atoms with Gasteiger partial charge in [-0.05, 0) is 89.9 Å². The molecule has 0 aromatic heterocycles. The SMILES string of the molecule is CCC/C=C\CCCCCCCC(=O)OCC(COC(=O)CCCCCCC/C=C\CCCCC)OC(=O)CCCCCCC/C=C\CCCCC. The molecule has 0 amide bonds. The molecule has 0 bridgehead atoms. The van der Waals surface area contributed by atoms with Gasteiger partial charge in [0, 0.05) is 19.3 Å². The first-order valence-corrected chi connectivity index (χ1v) is 22.0. The fraction of sp³-hybridized carbons (Fsp3) is 0.804. The van der Waals surface area contributed by atoms with Gasteiger partial charge in [0.15, 0.2) is 6.10 Å². The summed E-state index contributed by atoms with van der Waals surface area (Å²) < 4.78 is 16.6. The van der Waals surface area contributed by atoms with E-state index in [9.17, 15) is 14.4 Å². The average Bonchev–Trinajstić information content (AvgIpc) is 3.14. The van der Waals surface area contributed by atoms with Crippen LogP contribution in [0.1, 0.15) is 220 Å². The number of carbonyl (C=O) groups excluding carboxylic acids is 3. The van der Waals surface area contributed by atoms with Gasteiger partial charge in [-0.15, -0.1) is 0 Å². The van der Waals surface area contributed by atoms with Crippen LogP contribution in [0.15, 0.2) is 36.5 Å². The average molecular weight is 731 g/mol. The first-order valence-electron chi connectivity index (χ1n) is 22.0. The van der Waals surface area contributed by atoms with E-state index in [0.29, 0.717) is 19.3 Å². The van der Waals surface area contributed by atoms with Crippen molar-refractivity contribution in [3.8, 4) is 0 Å². The lowest BCUT2D eigenvalue weighted by Crippen LogP contribution is -2.30. The first-order chi connectivity index (χ1) is 25.5. The molecule has 52 heavy (non-hydrogen) atoms. The highest BCUT2D eigenvalue weighted by atomic mass is 16.6. The van der Waals surface area contributed by atoms with Crippen LogP contribution < -0.4 is 0 Å². The van der Waals surface area contributed by atoms with Crippen LogP contribution >= 0.6 is 0 Å². The molecule has 0 aromatic carbocycles. The Bertz CT molecular complexity index is 891. The molecule has 0 heterocycles. The number of ether oxygens (including phenoxy) is 3. The van der Waals surface area contributed by atoms with Crippen LogP contribution in [0.2, 0.25) is 0 Å². The zero-order chi connectivity index (χ0) is 38.0. The predicted molar refractivity (Wildman–Crippen MR) is 219 cm³/mol. The van der Waals surface area contributed by atoms with E-state index in [1.165, 1.54) is 89.9 Å². The van der Waals surface area contributed by atoms with Crippen molar-refractivity contribution in [2.75, 3.05) is 13.2 Å². The van der Waals surface area contributed by atoms with Gasteiger partial charge in [-0.2, -0.15) is 0 Å². The fourth-order valence-electron chi connectivity index (χ4n) is 5.96. The normalized spacial score (nSPS) is 12.3. The molecule has 0 N–H and O–H groups in total. The molecule has 1 unspecified atom stereocenters. The molecule has 0 saturated carbocycles. The van der Waals surface area contributed by atoms with Crippen LogP contribution in [0.3, 0.4) is 0 Å². The van der Waals surface area contributed by atoms with Gasteiger partial charge in [0.2, 0.25) is 0 Å². The van der Waals surface area contributed by atoms with E-state index in [1.54, 1.807) is 0 Å². The Morgan fingerprint density at radius 1 is 0.365 bits per heavy atom. The minimum atomic E-state index is -0.777. The zero-order valence-corrected chi connectivity index (χ0v) is 34.3. The number of hydrogen-bond acceptors (Lipinski definition) is 6. The lowest BCUT2D eigenvalue weighted by atomic mass is 10.1. The molecule has 302 valence electrons. The Morgan fingerprint density at radius 3 is 1.04 bits per heavy atom. The number of carbonyl (C=O) groups is 3. The number of allylic oxidation sites excluding steroid dienone is 6. The Kier molecular flexibility index (Phi) is 39.5. The molecule has 0 aromatic rings. The molecule has 0 aliphatic rings. The second-order valence-electron chi connectivity index (χ2n) is 14.6. The molecular formula is C46H82O6. The van der Waals surface area contributed by atoms with E-state index in [-0.39, 0.29) is 31.1 Å². The first kappa shape index (κ1) is 49.6. The number of unbranched alkanes of at least 4 members (excludes halogenated alkanes) is 22. The summed E-state index contributed by atoms with van der Waals surface area (Å²) in [4.78, 5) is 37.6. The lowest BCUT2D eigenvalue weighted by Gasteiger charge is -2.18. The smallest absolute Gasteiger partial charge is 0.306 e. The Hall–Kier alpha value is -2.37. The molecule has 0 fully saturated rings. The minimum absolute atomic E-state index is 0.0822. The van der Waals surface area contributed by atoms with E-state index in [4.69, 9.17) is 14.2 Å². The van der Waals surface area contributed by atoms with Gasteiger partial charge >= 0.3 is 17.9 Å². The van der Waals surface area contributed by atoms with Gasteiger partial charge in [-0.1, -0.05) is 147 Å². The number of esters is 3. The molecule has 1 atom stereocenters. The monoisotopic (exact) mass is 731 g/mol. The van der Waals surface area contributed by atoms with Crippen molar-refractivity contribution in [3.05, 3.63) is 36.5 Å². The van der Waals surface area contributed by atoms with Crippen molar-refractivity contribution in [3.63, 3.8) is 0 Å². The van der Waals surface area contributed by atoms with Crippen molar-refractivity contribution in [2.24, 2.45) is 0 Å². The summed E-state index contributed by atoms with van der Waals surface area (Å²) in [5.74, 6) is -0.913. The summed E-state index contributed by atoms with van der Waals surface area (Å²) >= 11 is 0. The Morgan fingerprint density at radius 2 is 0.673 bits per heavy atom. The maximum absolute atomic E-state index is 12.7. The minimum Gasteiger partial charge on any atom is -0.462 e. The topological polar surface area (TPSA) is 78.9 Å². The molecule has 0 radical (unpaired) electrons. The maximum Gasteiger partial charge on any atom is 0.306 e. The summed E-state index contributed by atoms with van der Waals surface area (Å²) in [5.41, 5.74) is 0. The third-order valence-corrected chi connectivity index (χ3v) is 9.32. The quantitative estimate of drug-likeness (QED) is 0.0271. The summed E-state index contributed by atoms with van der Waals surface area (Å²) in [6.45, 7) is 6.49. The van der Waals surface area contributed by atoms with Crippen LogP contribution in [-0.4, -0.2) is 37.2 Å². The van der Waals surface area contributed by atoms with Crippen molar-refractivity contribution >= 4 is 17.9 Å². The van der Waals surface area contributed by atoms with Crippen molar-refractivity contribution in [2.45, 2.75) is 226 Å². The van der Waals surface area contributed by atoms with E-state index in [0.717, 1.165) is 89.9 Å². The van der Waals surface area contributed by atoms with Crippen LogP contribution in [0, 0.1) is 0 Å². The van der Waals surface area contributed by atoms with E-state index in [2.05, 4.69) is 57.2 Å². The summed E-state index contributed by atoms with van der Waals surface area (Å²) in [6, 6.07) is 0. The molecular weight excluding hydrogens is 648 g/mol. The highest BCUT2D eigenvalue weighted by molar-refractivity contribution is 5.71. The third-order valence-electron chi connectivity index (χ3n) is 9.32. The Balaban J connectivity index is 4.40. The van der Waals surface area contributed by atoms with Gasteiger partial charge in [-0.3, -0.25) is 14.4 Å². The third kappa shape index (κ3) is 38.9. The van der Waals surface area contributed by atoms with E-state index in [1.807, 2.05) is 0 Å². The molecule has 6 nitrogen and oxygen atoms in total. The predicted octanol–water partition coefficient (Wildman–Crippen LogP) is 13.8. The van der Waals surface area contributed by atoms with Crippen LogP contribution in [0.25, 0.3) is 0 Å². The number of hydrogen-bond donors (Lipinski definition) is 0. The lowest BCUT2D eigenvalue weighted by molar-refractivity contribution is -0.167. The van der Waals surface area contributed by atoms with Crippen LogP contribution in [-0.2, 0) is 28.6 Å². The van der Waals surface area contributed by atoms with E-state index < -0.39 is 6.10 Å². The summed E-state index contributed by atoms with van der Waals surface area (Å²) in [5, 5.41) is 0. The van der Waals surface area contributed by atoms with Gasteiger partial charge < -0.3 is 14.2 Å². The Labute approximate surface area is 321 Å². The summed E-state index contributed by atoms with van der Waals surface area (Å²) in [6.07, 6.45) is 45.5. The standard InChI is InChI=1S/C46H82O6/c1-4-7-10-13-16-19-22-24-27-30-33-36-39-45(48)51-42-43(41-50-44(47)38-35-32-29-26-21-18-15-12-9-6-3)52-46(49)40-37-34-31-28-25-23-20-17-14-11-8-5-2/h12,15-17,19-20,43H,4-11,13-14,18,21-42H2,1-3H3/b15-12-,19-16-,20-17-. The highest BCUT2D eigenvalue weighted by Gasteiger charge is 2.19. The second kappa shape index (κ2) is 41.4. The molecule has 0 aliphatic heterocycles. The molecule has 0 aliphatic carbocycles. The molecule has 0 rings (SSSR count). The van der Waals surface area contributed by atoms with Gasteiger partial charge in [0.25, 0.3) is 0 Å². The van der Waals surface area contributed by atoms with Crippen molar-refractivity contribution < 1.29 is 28.6 Å². The molecule has 0 saturated heterocycles. The highest BCUT2D eigenvalue weighted by Crippen LogP contribution is 2.13. The van der Waals surface area contributed by atoms with Crippen LogP contribution in [0.5, 0.6) is 0 Å². The maximum atomic E-state index is 12.7. The second-order valence-corrected chi connectivity index (χ2v) is 14.6.